The van der Waals surface area contributed by atoms with E-state index in [9.17, 15) is 14.7 Å². The first-order chi connectivity index (χ1) is 9.56. The van der Waals surface area contributed by atoms with Crippen molar-refractivity contribution in [1.29, 1.82) is 0 Å². The van der Waals surface area contributed by atoms with Gasteiger partial charge in [0, 0.05) is 12.2 Å². The number of aliphatic hydroxyl groups is 1. The first-order valence-electron chi connectivity index (χ1n) is 6.57. The summed E-state index contributed by atoms with van der Waals surface area (Å²) in [7, 11) is 0. The topological polar surface area (TPSA) is 89.9 Å². The Bertz CT molecular complexity index is 436. The van der Waals surface area contributed by atoms with Gasteiger partial charge in [-0.1, -0.05) is 31.5 Å². The summed E-state index contributed by atoms with van der Waals surface area (Å²) in [6.07, 6.45) is 0.181. The molecule has 1 aromatic carbocycles. The molecule has 0 saturated carbocycles. The second kappa shape index (κ2) is 8.16. The second-order valence-electron chi connectivity index (χ2n) is 4.38. The van der Waals surface area contributed by atoms with E-state index in [1.165, 1.54) is 4.90 Å². The average Bonchev–Trinajstić information content (AvgIpc) is 2.46. The molecule has 1 aromatic rings. The normalized spacial score (nSPS) is 11.7. The van der Waals surface area contributed by atoms with E-state index in [1.54, 1.807) is 0 Å². The van der Waals surface area contributed by atoms with Gasteiger partial charge in [-0.25, -0.2) is 9.59 Å². The second-order valence-corrected chi connectivity index (χ2v) is 4.38. The van der Waals surface area contributed by atoms with Gasteiger partial charge in [-0.05, 0) is 18.6 Å². The maximum absolute atomic E-state index is 12.1. The zero-order chi connectivity index (χ0) is 15.0. The largest absolute Gasteiger partial charge is 0.479 e. The lowest BCUT2D eigenvalue weighted by atomic mass is 10.2. The van der Waals surface area contributed by atoms with Crippen LogP contribution >= 0.6 is 0 Å². The van der Waals surface area contributed by atoms with E-state index in [0.717, 1.165) is 18.5 Å². The van der Waals surface area contributed by atoms with E-state index in [1.807, 2.05) is 37.3 Å². The number of nitrogens with one attached hydrogen (secondary N) is 1. The van der Waals surface area contributed by atoms with Gasteiger partial charge in [-0.2, -0.15) is 0 Å². The number of carboxylic acid groups (broad SMARTS) is 1. The van der Waals surface area contributed by atoms with Crippen LogP contribution in [0.25, 0.3) is 0 Å². The summed E-state index contributed by atoms with van der Waals surface area (Å²) in [4.78, 5) is 24.1. The Hall–Kier alpha value is -2.08. The van der Waals surface area contributed by atoms with E-state index in [2.05, 4.69) is 5.32 Å². The summed E-state index contributed by atoms with van der Waals surface area (Å²) >= 11 is 0. The summed E-state index contributed by atoms with van der Waals surface area (Å²) < 4.78 is 0. The maximum Gasteiger partial charge on any atom is 0.334 e. The molecule has 20 heavy (non-hydrogen) atoms. The fourth-order valence-corrected chi connectivity index (χ4v) is 1.64. The number of amides is 2. The Morgan fingerprint density at radius 3 is 2.50 bits per heavy atom. The molecule has 1 unspecified atom stereocenters. The highest BCUT2D eigenvalue weighted by Crippen LogP contribution is 2.14. The molecular formula is C14H20N2O4. The molecule has 2 amide bonds. The number of hydrogen-bond donors (Lipinski definition) is 3. The number of nitrogens with zero attached hydrogens (tertiary/aromatic N) is 1. The summed E-state index contributed by atoms with van der Waals surface area (Å²) in [5, 5.41) is 20.2. The van der Waals surface area contributed by atoms with Gasteiger partial charge >= 0.3 is 12.0 Å². The number of carbonyl (C=O) groups is 2. The minimum Gasteiger partial charge on any atom is -0.479 e. The molecule has 0 aliphatic heterocycles. The van der Waals surface area contributed by atoms with E-state index in [4.69, 9.17) is 5.11 Å². The van der Waals surface area contributed by atoms with Crippen molar-refractivity contribution in [1.82, 2.24) is 5.32 Å². The molecular weight excluding hydrogens is 260 g/mol. The molecule has 6 heteroatoms. The Morgan fingerprint density at radius 2 is 1.95 bits per heavy atom. The van der Waals surface area contributed by atoms with Gasteiger partial charge in [0.05, 0.1) is 6.54 Å². The number of carbonyl (C=O) groups excluding carboxylic acids is 1. The maximum atomic E-state index is 12.1. The smallest absolute Gasteiger partial charge is 0.334 e. The van der Waals surface area contributed by atoms with Crippen molar-refractivity contribution in [3.8, 4) is 0 Å². The summed E-state index contributed by atoms with van der Waals surface area (Å²) in [6.45, 7) is 2.24. The first-order valence-corrected chi connectivity index (χ1v) is 6.57. The molecule has 1 atom stereocenters. The van der Waals surface area contributed by atoms with Crippen LogP contribution < -0.4 is 10.2 Å². The zero-order valence-electron chi connectivity index (χ0n) is 11.5. The van der Waals surface area contributed by atoms with Crippen molar-refractivity contribution in [3.05, 3.63) is 30.3 Å². The Kier molecular flexibility index (Phi) is 6.52. The van der Waals surface area contributed by atoms with Gasteiger partial charge in [0.15, 0.2) is 6.10 Å². The van der Waals surface area contributed by atoms with Crippen LogP contribution in [-0.4, -0.2) is 41.4 Å². The van der Waals surface area contributed by atoms with Crippen LogP contribution in [0.5, 0.6) is 0 Å². The van der Waals surface area contributed by atoms with Gasteiger partial charge in [-0.15, -0.1) is 0 Å². The van der Waals surface area contributed by atoms with Crippen molar-refractivity contribution < 1.29 is 19.8 Å². The highest BCUT2D eigenvalue weighted by molar-refractivity contribution is 5.92. The van der Waals surface area contributed by atoms with Crippen LogP contribution in [0.2, 0.25) is 0 Å². The third-order valence-corrected chi connectivity index (χ3v) is 2.78. The predicted molar refractivity (Wildman–Crippen MR) is 75.7 cm³/mol. The number of carboxylic acids is 1. The number of aliphatic hydroxyl groups excluding tert-OH is 1. The van der Waals surface area contributed by atoms with E-state index < -0.39 is 18.1 Å². The molecule has 1 rings (SSSR count). The molecule has 0 radical (unpaired) electrons. The van der Waals surface area contributed by atoms with Gasteiger partial charge in [0.1, 0.15) is 0 Å². The SMILES string of the molecule is CCCCN(C(=O)NCC(O)C(=O)O)c1ccccc1. The van der Waals surface area contributed by atoms with Gasteiger partial charge in [0.25, 0.3) is 0 Å². The van der Waals surface area contributed by atoms with Gasteiger partial charge in [-0.3, -0.25) is 4.90 Å². The number of unbranched alkanes of at least 4 members (excludes halogenated alkanes) is 1. The van der Waals surface area contributed by atoms with E-state index in [-0.39, 0.29) is 6.54 Å². The zero-order valence-corrected chi connectivity index (χ0v) is 11.5. The molecule has 0 spiro atoms. The van der Waals surface area contributed by atoms with Crippen LogP contribution in [-0.2, 0) is 4.79 Å². The molecule has 0 aromatic heterocycles. The van der Waals surface area contributed by atoms with Crippen molar-refractivity contribution in [2.24, 2.45) is 0 Å². The molecule has 110 valence electrons. The monoisotopic (exact) mass is 280 g/mol. The van der Waals surface area contributed by atoms with Crippen LogP contribution in [0, 0.1) is 0 Å². The number of para-hydroxylation sites is 1. The predicted octanol–water partition coefficient (Wildman–Crippen LogP) is 1.45. The fourth-order valence-electron chi connectivity index (χ4n) is 1.64. The van der Waals surface area contributed by atoms with Crippen LogP contribution in [0.15, 0.2) is 30.3 Å². The summed E-state index contributed by atoms with van der Waals surface area (Å²) in [5.41, 5.74) is 0.739. The van der Waals surface area contributed by atoms with Crippen molar-refractivity contribution >= 4 is 17.7 Å². The molecule has 0 aliphatic carbocycles. The Labute approximate surface area is 118 Å². The minimum atomic E-state index is -1.59. The van der Waals surface area contributed by atoms with E-state index >= 15 is 0 Å². The van der Waals surface area contributed by atoms with Crippen molar-refractivity contribution in [3.63, 3.8) is 0 Å². The van der Waals surface area contributed by atoms with Crippen LogP contribution in [0.1, 0.15) is 19.8 Å². The quantitative estimate of drug-likeness (QED) is 0.705. The third-order valence-electron chi connectivity index (χ3n) is 2.78. The molecule has 0 aliphatic rings. The van der Waals surface area contributed by atoms with Gasteiger partial charge in [0.2, 0.25) is 0 Å². The average molecular weight is 280 g/mol. The molecule has 0 saturated heterocycles. The third kappa shape index (κ3) is 4.89. The van der Waals surface area contributed by atoms with Gasteiger partial charge < -0.3 is 15.5 Å². The first kappa shape index (κ1) is 16.0. The number of urea groups is 1. The summed E-state index contributed by atoms with van der Waals surface area (Å²) in [6, 6.07) is 8.71. The summed E-state index contributed by atoms with van der Waals surface area (Å²) in [5.74, 6) is -1.36. The van der Waals surface area contributed by atoms with Crippen molar-refractivity contribution in [2.45, 2.75) is 25.9 Å². The number of anilines is 1. The lowest BCUT2D eigenvalue weighted by Crippen LogP contribution is -2.45. The Balaban J connectivity index is 2.68. The number of benzene rings is 1. The van der Waals surface area contributed by atoms with Crippen molar-refractivity contribution in [2.75, 3.05) is 18.0 Å². The fraction of sp³-hybridized carbons (Fsp3) is 0.429. The van der Waals surface area contributed by atoms with E-state index in [0.29, 0.717) is 6.54 Å². The van der Waals surface area contributed by atoms with Crippen LogP contribution in [0.3, 0.4) is 0 Å². The number of aliphatic carboxylic acids is 1. The highest BCUT2D eigenvalue weighted by atomic mass is 16.4. The molecule has 0 bridgehead atoms. The number of rotatable bonds is 7. The van der Waals surface area contributed by atoms with Crippen LogP contribution in [0.4, 0.5) is 10.5 Å². The Morgan fingerprint density at radius 1 is 1.30 bits per heavy atom. The molecule has 0 heterocycles. The standard InChI is InChI=1S/C14H20N2O4/c1-2-3-9-16(11-7-5-4-6-8-11)14(20)15-10-12(17)13(18)19/h4-8,12,17H,2-3,9-10H2,1H3,(H,15,20)(H,18,19). The lowest BCUT2D eigenvalue weighted by Gasteiger charge is -2.23. The number of hydrogen-bond acceptors (Lipinski definition) is 3. The molecule has 3 N–H and O–H groups in total. The lowest BCUT2D eigenvalue weighted by molar-refractivity contribution is -0.146. The molecule has 0 fully saturated rings. The minimum absolute atomic E-state index is 0.316. The molecule has 6 nitrogen and oxygen atoms in total. The highest BCUT2D eigenvalue weighted by Gasteiger charge is 2.18.